The number of likely N-dealkylation sites (tertiary alicyclic amines) is 1. The third-order valence-electron chi connectivity index (χ3n) is 7.69. The maximum Gasteiger partial charge on any atom is 0.326 e. The molecule has 1 aromatic heterocycles. The Balaban J connectivity index is 1.82. The number of carboxylic acid groups (broad SMARTS) is 1. The van der Waals surface area contributed by atoms with Crippen molar-refractivity contribution in [1.29, 1.82) is 0 Å². The van der Waals surface area contributed by atoms with Gasteiger partial charge >= 0.3 is 5.97 Å². The Morgan fingerprint density at radius 3 is 2.18 bits per heavy atom. The van der Waals surface area contributed by atoms with Crippen molar-refractivity contribution in [3.8, 4) is 5.75 Å². The fourth-order valence-corrected chi connectivity index (χ4v) is 5.00. The van der Waals surface area contributed by atoms with E-state index in [1.807, 2.05) is 0 Å². The lowest BCUT2D eigenvalue weighted by Crippen LogP contribution is -2.60. The Labute approximate surface area is 256 Å². The number of carboxylic acids is 1. The summed E-state index contributed by atoms with van der Waals surface area (Å²) in [6, 6.07) is 0.953. The first-order valence-electron chi connectivity index (χ1n) is 14.7. The second-order valence-corrected chi connectivity index (χ2v) is 11.8. The van der Waals surface area contributed by atoms with Gasteiger partial charge in [-0.3, -0.25) is 19.2 Å². The van der Waals surface area contributed by atoms with Gasteiger partial charge in [-0.2, -0.15) is 0 Å². The highest BCUT2D eigenvalue weighted by molar-refractivity contribution is 5.96. The van der Waals surface area contributed by atoms with Gasteiger partial charge in [0.2, 0.25) is 23.6 Å². The summed E-state index contributed by atoms with van der Waals surface area (Å²) in [5.41, 5.74) is 7.22. The smallest absolute Gasteiger partial charge is 0.326 e. The van der Waals surface area contributed by atoms with Crippen molar-refractivity contribution in [2.45, 2.75) is 83.6 Å². The molecule has 5 atom stereocenters. The molecule has 0 bridgehead atoms. The van der Waals surface area contributed by atoms with Crippen LogP contribution in [0.15, 0.2) is 36.8 Å². The molecule has 44 heavy (non-hydrogen) atoms. The van der Waals surface area contributed by atoms with E-state index < -0.39 is 65.7 Å². The van der Waals surface area contributed by atoms with E-state index in [9.17, 15) is 34.2 Å². The Morgan fingerprint density at radius 1 is 0.955 bits per heavy atom. The van der Waals surface area contributed by atoms with Crippen molar-refractivity contribution in [2.75, 3.05) is 6.54 Å². The van der Waals surface area contributed by atoms with E-state index in [4.69, 9.17) is 5.73 Å². The Hall–Kier alpha value is -4.46. The Kier molecular flexibility index (Phi) is 11.9. The summed E-state index contributed by atoms with van der Waals surface area (Å²) in [5.74, 6) is -4.07. The minimum absolute atomic E-state index is 0.0266. The third kappa shape index (κ3) is 9.02. The number of rotatable bonds is 14. The zero-order valence-corrected chi connectivity index (χ0v) is 25.4. The van der Waals surface area contributed by atoms with Crippen LogP contribution in [0.25, 0.3) is 0 Å². The molecule has 0 spiro atoms. The third-order valence-corrected chi connectivity index (χ3v) is 7.69. The summed E-state index contributed by atoms with van der Waals surface area (Å²) in [6.07, 6.45) is 3.85. The molecule has 14 nitrogen and oxygen atoms in total. The number of nitrogens with two attached hydrogens (primary N) is 1. The minimum atomic E-state index is -1.13. The van der Waals surface area contributed by atoms with Crippen LogP contribution < -0.4 is 21.7 Å². The zero-order chi connectivity index (χ0) is 32.6. The van der Waals surface area contributed by atoms with E-state index in [1.54, 1.807) is 39.8 Å². The molecule has 0 saturated carbocycles. The maximum atomic E-state index is 13.7. The molecule has 2 aromatic rings. The van der Waals surface area contributed by atoms with Crippen molar-refractivity contribution in [3.63, 3.8) is 0 Å². The van der Waals surface area contributed by atoms with Gasteiger partial charge in [0.05, 0.1) is 12.4 Å². The number of aromatic amines is 1. The molecule has 1 aliphatic rings. The van der Waals surface area contributed by atoms with Crippen molar-refractivity contribution < 1.29 is 34.2 Å². The number of nitrogens with zero attached hydrogens (tertiary/aromatic N) is 2. The lowest BCUT2D eigenvalue weighted by molar-refractivity contribution is -0.149. The number of imidazole rings is 1. The molecule has 14 heteroatoms. The van der Waals surface area contributed by atoms with E-state index in [2.05, 4.69) is 25.9 Å². The fraction of sp³-hybridized carbons (Fsp3) is 0.533. The van der Waals surface area contributed by atoms with Crippen LogP contribution >= 0.6 is 0 Å². The van der Waals surface area contributed by atoms with E-state index in [-0.39, 0.29) is 31.1 Å². The summed E-state index contributed by atoms with van der Waals surface area (Å²) in [6.45, 7) is 7.24. The number of aliphatic carboxylic acids is 1. The van der Waals surface area contributed by atoms with E-state index in [1.165, 1.54) is 29.6 Å². The van der Waals surface area contributed by atoms with Crippen LogP contribution in [-0.2, 0) is 36.8 Å². The van der Waals surface area contributed by atoms with Gasteiger partial charge in [0.25, 0.3) is 0 Å². The maximum absolute atomic E-state index is 13.7. The molecular weight excluding hydrogens is 570 g/mol. The van der Waals surface area contributed by atoms with Crippen LogP contribution in [0.3, 0.4) is 0 Å². The number of carbonyl (C=O) groups excluding carboxylic acids is 4. The van der Waals surface area contributed by atoms with Crippen LogP contribution in [0.4, 0.5) is 0 Å². The topological polar surface area (TPSA) is 220 Å². The van der Waals surface area contributed by atoms with Crippen molar-refractivity contribution in [2.24, 2.45) is 17.6 Å². The molecule has 3 rings (SSSR count). The number of aromatic nitrogens is 2. The second kappa shape index (κ2) is 15.3. The highest BCUT2D eigenvalue weighted by Gasteiger charge is 2.39. The average molecular weight is 614 g/mol. The van der Waals surface area contributed by atoms with E-state index in [0.717, 1.165) is 0 Å². The fourth-order valence-electron chi connectivity index (χ4n) is 5.00. The molecule has 8 N–H and O–H groups in total. The highest BCUT2D eigenvalue weighted by Crippen LogP contribution is 2.20. The normalized spacial score (nSPS) is 17.5. The first-order chi connectivity index (χ1) is 20.8. The van der Waals surface area contributed by atoms with Gasteiger partial charge in [-0.15, -0.1) is 0 Å². The monoisotopic (exact) mass is 613 g/mol. The number of H-pyrrole nitrogens is 1. The number of nitrogens with one attached hydrogen (secondary N) is 4. The van der Waals surface area contributed by atoms with Gasteiger partial charge in [-0.05, 0) is 42.4 Å². The highest BCUT2D eigenvalue weighted by atomic mass is 16.4. The van der Waals surface area contributed by atoms with Gasteiger partial charge in [0.1, 0.15) is 29.9 Å². The molecule has 1 saturated heterocycles. The Morgan fingerprint density at radius 2 is 1.61 bits per heavy atom. The molecule has 0 radical (unpaired) electrons. The van der Waals surface area contributed by atoms with Gasteiger partial charge in [0, 0.05) is 31.3 Å². The molecule has 0 aliphatic carbocycles. The van der Waals surface area contributed by atoms with Crippen molar-refractivity contribution in [3.05, 3.63) is 48.0 Å². The summed E-state index contributed by atoms with van der Waals surface area (Å²) in [5, 5.41) is 27.4. The minimum Gasteiger partial charge on any atom is -0.508 e. The number of benzene rings is 1. The summed E-state index contributed by atoms with van der Waals surface area (Å²) >= 11 is 0. The number of carbonyl (C=O) groups is 5. The van der Waals surface area contributed by atoms with Crippen molar-refractivity contribution >= 4 is 29.6 Å². The molecule has 5 unspecified atom stereocenters. The van der Waals surface area contributed by atoms with E-state index >= 15 is 0 Å². The summed E-state index contributed by atoms with van der Waals surface area (Å²) in [4.78, 5) is 73.6. The summed E-state index contributed by atoms with van der Waals surface area (Å²) < 4.78 is 0. The predicted octanol–water partition coefficient (Wildman–Crippen LogP) is 0.0698. The predicted molar refractivity (Wildman–Crippen MR) is 160 cm³/mol. The summed E-state index contributed by atoms with van der Waals surface area (Å²) in [7, 11) is 0. The van der Waals surface area contributed by atoms with Crippen LogP contribution in [0.1, 0.15) is 51.8 Å². The molecule has 1 aromatic carbocycles. The number of phenols is 1. The standard InChI is InChI=1S/C30H43N7O7/c1-16(2)24(31)27(40)34-21(12-18-7-9-20(38)10-8-18)26(39)36-25(17(3)4)28(41)35-22(13-19-14-32-15-33-19)29(42)37-11-5-6-23(37)30(43)44/h7-10,14-17,21-25,38H,5-6,11-13,31H2,1-4H3,(H,32,33)(H,34,40)(H,35,41)(H,36,39)(H,43,44). The largest absolute Gasteiger partial charge is 0.508 e. The van der Waals surface area contributed by atoms with Gasteiger partial charge < -0.3 is 41.8 Å². The lowest BCUT2D eigenvalue weighted by atomic mass is 9.99. The van der Waals surface area contributed by atoms with Crippen LogP contribution in [-0.4, -0.2) is 91.4 Å². The molecule has 1 fully saturated rings. The molecular formula is C30H43N7O7. The zero-order valence-electron chi connectivity index (χ0n) is 25.4. The van der Waals surface area contributed by atoms with Gasteiger partial charge in [0.15, 0.2) is 0 Å². The average Bonchev–Trinajstić information content (AvgIpc) is 3.67. The number of phenolic OH excluding ortho intramolecular Hbond substituents is 1. The molecule has 240 valence electrons. The van der Waals surface area contributed by atoms with Crippen LogP contribution in [0, 0.1) is 11.8 Å². The first-order valence-corrected chi connectivity index (χ1v) is 14.7. The lowest BCUT2D eigenvalue weighted by Gasteiger charge is -2.30. The SMILES string of the molecule is CC(C)C(N)C(=O)NC(Cc1ccc(O)cc1)C(=O)NC(C(=O)NC(Cc1cnc[nH]1)C(=O)N1CCCC1C(=O)O)C(C)C. The van der Waals surface area contributed by atoms with Gasteiger partial charge in [-0.1, -0.05) is 39.8 Å². The molecule has 2 heterocycles. The number of amides is 4. The van der Waals surface area contributed by atoms with Crippen LogP contribution in [0.5, 0.6) is 5.75 Å². The second-order valence-electron chi connectivity index (χ2n) is 11.8. The van der Waals surface area contributed by atoms with Crippen molar-refractivity contribution in [1.82, 2.24) is 30.8 Å². The number of aromatic hydroxyl groups is 1. The van der Waals surface area contributed by atoms with E-state index in [0.29, 0.717) is 24.1 Å². The van der Waals surface area contributed by atoms with Gasteiger partial charge in [-0.25, -0.2) is 9.78 Å². The quantitative estimate of drug-likeness (QED) is 0.153. The first kappa shape index (κ1) is 34.0. The molecule has 4 amide bonds. The number of hydrogen-bond donors (Lipinski definition) is 7. The van der Waals surface area contributed by atoms with Crippen LogP contribution in [0.2, 0.25) is 0 Å². The number of hydrogen-bond acceptors (Lipinski definition) is 8. The Bertz CT molecular complexity index is 1300. The molecule has 1 aliphatic heterocycles.